The summed E-state index contributed by atoms with van der Waals surface area (Å²) < 4.78 is 13.7. The van der Waals surface area contributed by atoms with Gasteiger partial charge >= 0.3 is 0 Å². The number of aromatic nitrogens is 4. The summed E-state index contributed by atoms with van der Waals surface area (Å²) in [6, 6.07) is 66.9. The van der Waals surface area contributed by atoms with Gasteiger partial charge in [-0.2, -0.15) is 17.7 Å². The number of fused-ring (bicyclic) bond motifs is 3. The normalized spacial score (nSPS) is 12.8. The molecule has 0 spiro atoms. The fraction of sp³-hybridized carbons (Fsp3) is 0.296. The van der Waals surface area contributed by atoms with Crippen molar-refractivity contribution in [2.75, 3.05) is 0 Å². The van der Waals surface area contributed by atoms with E-state index in [1.165, 1.54) is 38.9 Å². The molecule has 0 N–H and O–H groups in total. The number of benzene rings is 7. The Labute approximate surface area is 473 Å². The van der Waals surface area contributed by atoms with Gasteiger partial charge in [0.15, 0.2) is 0 Å². The van der Waals surface area contributed by atoms with Crippen LogP contribution in [0.1, 0.15) is 154 Å². The zero-order valence-electron chi connectivity index (χ0n) is 47.8. The summed E-state index contributed by atoms with van der Waals surface area (Å²) in [5.41, 5.74) is 13.3. The van der Waals surface area contributed by atoms with E-state index in [2.05, 4.69) is 300 Å². The van der Waals surface area contributed by atoms with Crippen LogP contribution in [0.15, 0.2) is 176 Å². The molecule has 0 saturated carbocycles. The first-order chi connectivity index (χ1) is 35.8. The van der Waals surface area contributed by atoms with Crippen LogP contribution in [0, 0.1) is 18.5 Å². The zero-order valence-corrected chi connectivity index (χ0v) is 50.0. The maximum Gasteiger partial charge on any atom is 0.267 e. The molecule has 0 amide bonds. The number of nitrogens with zero attached hydrogens (tertiary/aromatic N) is 4. The summed E-state index contributed by atoms with van der Waals surface area (Å²) in [7, 11) is 0. The molecular weight excluding hydrogens is 1120 g/mol. The molecule has 0 aliphatic heterocycles. The molecule has 0 aliphatic rings. The maximum atomic E-state index is 7.04. The van der Waals surface area contributed by atoms with Crippen molar-refractivity contribution in [1.29, 1.82) is 0 Å². The third kappa shape index (κ3) is 10.7. The van der Waals surface area contributed by atoms with Crippen LogP contribution in [0.4, 0.5) is 0 Å². The van der Waals surface area contributed by atoms with Crippen molar-refractivity contribution in [3.05, 3.63) is 245 Å². The molecule has 0 fully saturated rings. The Balaban J connectivity index is 0.00000722. The second-order valence-corrected chi connectivity index (χ2v) is 25.6. The molecule has 10 rings (SSSR count). The van der Waals surface area contributed by atoms with Crippen LogP contribution < -0.4 is 9.30 Å². The minimum atomic E-state index is -0.458. The molecule has 3 aromatic heterocycles. The Morgan fingerprint density at radius 3 is 1.52 bits per heavy atom. The summed E-state index contributed by atoms with van der Waals surface area (Å²) in [5.74, 6) is 2.04. The minimum Gasteiger partial charge on any atom is -0.510 e. The number of imidazole rings is 1. The Morgan fingerprint density at radius 2 is 0.974 bits per heavy atom. The molecule has 0 unspecified atom stereocenters. The molecule has 5 nitrogen and oxygen atoms in total. The monoisotopic (exact) mass is 1190 g/mol. The molecule has 0 saturated heterocycles. The second kappa shape index (κ2) is 20.2. The summed E-state index contributed by atoms with van der Waals surface area (Å²) in [6.07, 6.45) is 8.12. The van der Waals surface area contributed by atoms with E-state index in [1.54, 1.807) is 0 Å². The van der Waals surface area contributed by atoms with Crippen LogP contribution in [-0.4, -0.2) is 14.1 Å². The SMILES string of the molecule is CC(C)(C)c1cc(Oc2[c-]c3c(cc2)c2cc(C(C)(C)C)ccc2n3-c2cc(C(C)(C)C)ccn2)[c-]c(-n2[c-][n+](-c3cc(C(C)(C)c4ccccc4)cc(C(C)(C)c4ccccc4)c3)cc2C(C)(C)c2ccccc2)c1.[Pt]. The quantitative estimate of drug-likeness (QED) is 0.0956. The number of ether oxygens (including phenoxy) is 1. The van der Waals surface area contributed by atoms with E-state index < -0.39 is 5.41 Å². The first-order valence-electron chi connectivity index (χ1n) is 26.9. The molecular formula is C71H74N4OPt-2. The minimum absolute atomic E-state index is 0. The van der Waals surface area contributed by atoms with Gasteiger partial charge in [-0.1, -0.05) is 219 Å². The van der Waals surface area contributed by atoms with E-state index in [1.807, 2.05) is 12.3 Å². The van der Waals surface area contributed by atoms with Gasteiger partial charge in [0.05, 0.1) is 11.4 Å². The molecule has 0 radical (unpaired) electrons. The number of hydrogen-bond donors (Lipinski definition) is 0. The molecule has 7 aromatic carbocycles. The molecule has 0 atom stereocenters. The van der Waals surface area contributed by atoms with Crippen molar-refractivity contribution in [3.63, 3.8) is 0 Å². The summed E-state index contributed by atoms with van der Waals surface area (Å²) >= 11 is 0. The van der Waals surface area contributed by atoms with Gasteiger partial charge in [-0.3, -0.25) is 4.57 Å². The molecule has 396 valence electrons. The smallest absolute Gasteiger partial charge is 0.267 e. The van der Waals surface area contributed by atoms with Crippen LogP contribution in [-0.2, 0) is 53.6 Å². The van der Waals surface area contributed by atoms with E-state index in [4.69, 9.17) is 9.72 Å². The second-order valence-electron chi connectivity index (χ2n) is 25.6. The molecule has 10 aromatic rings. The average molecular weight is 1190 g/mol. The van der Waals surface area contributed by atoms with Crippen LogP contribution in [0.2, 0.25) is 0 Å². The fourth-order valence-corrected chi connectivity index (χ4v) is 10.6. The van der Waals surface area contributed by atoms with Gasteiger partial charge in [0.2, 0.25) is 0 Å². The Hall–Kier alpha value is -6.81. The van der Waals surface area contributed by atoms with Crippen molar-refractivity contribution in [2.24, 2.45) is 0 Å². The zero-order chi connectivity index (χ0) is 54.2. The van der Waals surface area contributed by atoms with E-state index in [-0.39, 0.29) is 48.1 Å². The third-order valence-electron chi connectivity index (χ3n) is 16.0. The van der Waals surface area contributed by atoms with E-state index in [0.717, 1.165) is 50.3 Å². The number of rotatable bonds is 11. The summed E-state index contributed by atoms with van der Waals surface area (Å²) in [5, 5.41) is 2.25. The van der Waals surface area contributed by atoms with Gasteiger partial charge in [-0.05, 0) is 96.6 Å². The van der Waals surface area contributed by atoms with Crippen molar-refractivity contribution in [2.45, 2.75) is 136 Å². The summed E-state index contributed by atoms with van der Waals surface area (Å²) in [6.45, 7) is 34.2. The standard InChI is InChI=1S/C71H74N4O.Pt/c1-66(2,3)51-31-34-62-61(42-51)60-33-32-58(45-63(60)75(62)65-43-52(35-36-72-65)67(4,5)6)76-59-41-53(68(7,8)9)38-57(44-59)74-47-73(46-64(74)71(14,15)50-29-23-18-24-30-50)56-39-54(69(10,11)48-25-19-16-20-26-48)37-55(40-56)70(12,13)49-27-21-17-22-28-49;/h16-43,46H,1-15H3;/q-2;. The first kappa shape index (κ1) is 55.0. The maximum absolute atomic E-state index is 7.04. The van der Waals surface area contributed by atoms with Crippen LogP contribution in [0.5, 0.6) is 11.5 Å². The Kier molecular flexibility index (Phi) is 14.4. The molecule has 6 heteroatoms. The van der Waals surface area contributed by atoms with Crippen LogP contribution in [0.3, 0.4) is 0 Å². The Morgan fingerprint density at radius 1 is 0.442 bits per heavy atom. The molecule has 3 heterocycles. The van der Waals surface area contributed by atoms with Crippen molar-refractivity contribution < 1.29 is 30.4 Å². The van der Waals surface area contributed by atoms with Crippen LogP contribution >= 0.6 is 0 Å². The molecule has 77 heavy (non-hydrogen) atoms. The third-order valence-corrected chi connectivity index (χ3v) is 16.0. The van der Waals surface area contributed by atoms with Crippen molar-refractivity contribution in [1.82, 2.24) is 14.1 Å². The van der Waals surface area contributed by atoms with Gasteiger partial charge < -0.3 is 13.9 Å². The molecule has 0 bridgehead atoms. The van der Waals surface area contributed by atoms with Gasteiger partial charge in [-0.25, -0.2) is 4.98 Å². The average Bonchev–Trinajstić information content (AvgIpc) is 4.06. The van der Waals surface area contributed by atoms with Gasteiger partial charge in [-0.15, -0.1) is 29.7 Å². The topological polar surface area (TPSA) is 35.9 Å². The first-order valence-corrected chi connectivity index (χ1v) is 26.9. The molecule has 0 aliphatic carbocycles. The largest absolute Gasteiger partial charge is 0.510 e. The van der Waals surface area contributed by atoms with E-state index in [9.17, 15) is 0 Å². The number of hydrogen-bond acceptors (Lipinski definition) is 2. The van der Waals surface area contributed by atoms with Gasteiger partial charge in [0, 0.05) is 66.7 Å². The Bertz CT molecular complexity index is 3680. The van der Waals surface area contributed by atoms with Crippen molar-refractivity contribution >= 4 is 21.8 Å². The van der Waals surface area contributed by atoms with Gasteiger partial charge in [0.25, 0.3) is 6.33 Å². The predicted molar refractivity (Wildman–Crippen MR) is 314 cm³/mol. The predicted octanol–water partition coefficient (Wildman–Crippen LogP) is 17.3. The number of pyridine rings is 1. The van der Waals surface area contributed by atoms with Crippen LogP contribution in [0.25, 0.3) is 39.0 Å². The van der Waals surface area contributed by atoms with E-state index >= 15 is 0 Å². The summed E-state index contributed by atoms with van der Waals surface area (Å²) in [4.78, 5) is 4.99. The fourth-order valence-electron chi connectivity index (χ4n) is 10.6. The van der Waals surface area contributed by atoms with Gasteiger partial charge in [0.1, 0.15) is 5.82 Å². The van der Waals surface area contributed by atoms with E-state index in [0.29, 0.717) is 11.5 Å². The van der Waals surface area contributed by atoms with Crippen molar-refractivity contribution in [3.8, 4) is 28.7 Å².